The van der Waals surface area contributed by atoms with E-state index in [9.17, 15) is 4.79 Å². The molecule has 64 valence electrons. The first-order valence-corrected chi connectivity index (χ1v) is 4.12. The first-order valence-electron chi connectivity index (χ1n) is 4.12. The molecule has 11 heavy (non-hydrogen) atoms. The molecule has 1 aliphatic heterocycles. The second-order valence-electron chi connectivity index (χ2n) is 3.33. The van der Waals surface area contributed by atoms with Crippen LogP contribution in [0.25, 0.3) is 0 Å². The van der Waals surface area contributed by atoms with Crippen LogP contribution in [0.4, 0.5) is 0 Å². The Morgan fingerprint density at radius 3 is 3.00 bits per heavy atom. The maximum Gasteiger partial charge on any atom is 0.303 e. The molecule has 1 saturated heterocycles. The van der Waals surface area contributed by atoms with Gasteiger partial charge in [-0.25, -0.2) is 0 Å². The van der Waals surface area contributed by atoms with Crippen molar-refractivity contribution in [2.45, 2.75) is 19.8 Å². The Kier molecular flexibility index (Phi) is 2.88. The van der Waals surface area contributed by atoms with E-state index in [1.54, 1.807) is 0 Å². The van der Waals surface area contributed by atoms with Crippen LogP contribution in [0.5, 0.6) is 0 Å². The predicted octanol–water partition coefficient (Wildman–Crippen LogP) is 0.707. The van der Waals surface area contributed by atoms with E-state index in [1.807, 2.05) is 6.92 Å². The Bertz CT molecular complexity index is 141. The van der Waals surface area contributed by atoms with E-state index in [0.717, 1.165) is 19.5 Å². The molecular weight excluding hydrogens is 142 g/mol. The first-order chi connectivity index (χ1) is 5.20. The maximum atomic E-state index is 10.3. The zero-order valence-corrected chi connectivity index (χ0v) is 6.84. The molecular formula is C8H15NO2. The molecule has 0 radical (unpaired) electrons. The van der Waals surface area contributed by atoms with Crippen molar-refractivity contribution in [2.75, 3.05) is 13.1 Å². The number of carbonyl (C=O) groups is 1. The monoisotopic (exact) mass is 157 g/mol. The summed E-state index contributed by atoms with van der Waals surface area (Å²) >= 11 is 0. The molecule has 0 saturated carbocycles. The van der Waals surface area contributed by atoms with Gasteiger partial charge in [-0.1, -0.05) is 6.92 Å². The minimum atomic E-state index is -0.676. The third-order valence-corrected chi connectivity index (χ3v) is 2.40. The Hall–Kier alpha value is -0.570. The summed E-state index contributed by atoms with van der Waals surface area (Å²) in [7, 11) is 0. The smallest absolute Gasteiger partial charge is 0.303 e. The molecule has 3 heteroatoms. The van der Waals surface area contributed by atoms with Gasteiger partial charge in [-0.2, -0.15) is 0 Å². The van der Waals surface area contributed by atoms with Crippen molar-refractivity contribution in [1.82, 2.24) is 5.32 Å². The molecule has 0 bridgehead atoms. The Labute approximate surface area is 66.8 Å². The molecule has 0 aromatic carbocycles. The summed E-state index contributed by atoms with van der Waals surface area (Å²) in [6, 6.07) is 0. The van der Waals surface area contributed by atoms with Gasteiger partial charge in [-0.05, 0) is 31.3 Å². The molecule has 1 aliphatic rings. The quantitative estimate of drug-likeness (QED) is 0.634. The fourth-order valence-electron chi connectivity index (χ4n) is 1.60. The highest BCUT2D eigenvalue weighted by atomic mass is 16.4. The highest BCUT2D eigenvalue weighted by Gasteiger charge is 2.22. The fraction of sp³-hybridized carbons (Fsp3) is 0.875. The number of carboxylic acids is 1. The van der Waals surface area contributed by atoms with Crippen molar-refractivity contribution in [3.63, 3.8) is 0 Å². The molecule has 2 N–H and O–H groups in total. The molecule has 1 rings (SSSR count). The Morgan fingerprint density at radius 2 is 2.55 bits per heavy atom. The lowest BCUT2D eigenvalue weighted by Gasteiger charge is -2.14. The number of hydrogen-bond donors (Lipinski definition) is 2. The van der Waals surface area contributed by atoms with E-state index in [0.29, 0.717) is 18.3 Å². The third kappa shape index (κ3) is 2.50. The van der Waals surface area contributed by atoms with Gasteiger partial charge in [0.25, 0.3) is 0 Å². The number of nitrogens with one attached hydrogen (secondary N) is 1. The minimum absolute atomic E-state index is 0.312. The van der Waals surface area contributed by atoms with Crippen LogP contribution in [0, 0.1) is 11.8 Å². The van der Waals surface area contributed by atoms with Crippen LogP contribution in [0.1, 0.15) is 19.8 Å². The molecule has 2 atom stereocenters. The van der Waals surface area contributed by atoms with Crippen LogP contribution in [-0.2, 0) is 4.79 Å². The van der Waals surface area contributed by atoms with E-state index < -0.39 is 5.97 Å². The normalized spacial score (nSPS) is 26.8. The highest BCUT2D eigenvalue weighted by molar-refractivity contribution is 5.67. The van der Waals surface area contributed by atoms with Crippen LogP contribution >= 0.6 is 0 Å². The lowest BCUT2D eigenvalue weighted by atomic mass is 9.91. The fourth-order valence-corrected chi connectivity index (χ4v) is 1.60. The molecule has 0 amide bonds. The topological polar surface area (TPSA) is 49.3 Å². The Balaban J connectivity index is 2.28. The SMILES string of the molecule is CC(CC(=O)O)C1CCNC1. The van der Waals surface area contributed by atoms with Crippen molar-refractivity contribution in [3.05, 3.63) is 0 Å². The summed E-state index contributed by atoms with van der Waals surface area (Å²) in [6.07, 6.45) is 1.45. The second kappa shape index (κ2) is 3.72. The summed E-state index contributed by atoms with van der Waals surface area (Å²) < 4.78 is 0. The van der Waals surface area contributed by atoms with Crippen molar-refractivity contribution in [1.29, 1.82) is 0 Å². The van der Waals surface area contributed by atoms with E-state index in [-0.39, 0.29) is 0 Å². The molecule has 2 unspecified atom stereocenters. The summed E-state index contributed by atoms with van der Waals surface area (Å²) in [5.41, 5.74) is 0. The highest BCUT2D eigenvalue weighted by Crippen LogP contribution is 2.21. The maximum absolute atomic E-state index is 10.3. The standard InChI is InChI=1S/C8H15NO2/c1-6(4-8(10)11)7-2-3-9-5-7/h6-7,9H,2-5H2,1H3,(H,10,11). The molecule has 3 nitrogen and oxygen atoms in total. The van der Waals surface area contributed by atoms with Crippen LogP contribution in [0.3, 0.4) is 0 Å². The molecule has 1 heterocycles. The Morgan fingerprint density at radius 1 is 1.82 bits per heavy atom. The average Bonchev–Trinajstić information content (AvgIpc) is 2.35. The van der Waals surface area contributed by atoms with E-state index in [4.69, 9.17) is 5.11 Å². The first kappa shape index (κ1) is 8.53. The summed E-state index contributed by atoms with van der Waals surface area (Å²) in [5.74, 6) is 0.220. The van der Waals surface area contributed by atoms with Crippen LogP contribution < -0.4 is 5.32 Å². The molecule has 1 fully saturated rings. The zero-order valence-electron chi connectivity index (χ0n) is 6.84. The van der Waals surface area contributed by atoms with Crippen LogP contribution in [-0.4, -0.2) is 24.2 Å². The van der Waals surface area contributed by atoms with Gasteiger partial charge in [0.2, 0.25) is 0 Å². The van der Waals surface area contributed by atoms with Crippen molar-refractivity contribution in [2.24, 2.45) is 11.8 Å². The number of hydrogen-bond acceptors (Lipinski definition) is 2. The summed E-state index contributed by atoms with van der Waals surface area (Å²) in [5, 5.41) is 11.8. The van der Waals surface area contributed by atoms with Gasteiger partial charge in [0.15, 0.2) is 0 Å². The second-order valence-corrected chi connectivity index (χ2v) is 3.33. The summed E-state index contributed by atoms with van der Waals surface area (Å²) in [4.78, 5) is 10.3. The molecule has 0 spiro atoms. The van der Waals surface area contributed by atoms with Gasteiger partial charge in [0.1, 0.15) is 0 Å². The lowest BCUT2D eigenvalue weighted by molar-refractivity contribution is -0.138. The zero-order chi connectivity index (χ0) is 8.27. The largest absolute Gasteiger partial charge is 0.481 e. The average molecular weight is 157 g/mol. The third-order valence-electron chi connectivity index (χ3n) is 2.40. The van der Waals surface area contributed by atoms with Gasteiger partial charge in [-0.15, -0.1) is 0 Å². The van der Waals surface area contributed by atoms with Crippen molar-refractivity contribution in [3.8, 4) is 0 Å². The number of carboxylic acid groups (broad SMARTS) is 1. The van der Waals surface area contributed by atoms with Crippen LogP contribution in [0.15, 0.2) is 0 Å². The number of aliphatic carboxylic acids is 1. The van der Waals surface area contributed by atoms with Gasteiger partial charge >= 0.3 is 5.97 Å². The molecule has 0 aliphatic carbocycles. The summed E-state index contributed by atoms with van der Waals surface area (Å²) in [6.45, 7) is 4.06. The van der Waals surface area contributed by atoms with Crippen molar-refractivity contribution < 1.29 is 9.90 Å². The molecule has 0 aromatic rings. The van der Waals surface area contributed by atoms with E-state index >= 15 is 0 Å². The predicted molar refractivity (Wildman–Crippen MR) is 42.4 cm³/mol. The number of rotatable bonds is 3. The minimum Gasteiger partial charge on any atom is -0.481 e. The van der Waals surface area contributed by atoms with Gasteiger partial charge in [0, 0.05) is 6.42 Å². The van der Waals surface area contributed by atoms with Gasteiger partial charge < -0.3 is 10.4 Å². The van der Waals surface area contributed by atoms with Gasteiger partial charge in [-0.3, -0.25) is 4.79 Å². The van der Waals surface area contributed by atoms with E-state index in [1.165, 1.54) is 0 Å². The lowest BCUT2D eigenvalue weighted by Crippen LogP contribution is -2.18. The molecule has 0 aromatic heterocycles. The van der Waals surface area contributed by atoms with Crippen LogP contribution in [0.2, 0.25) is 0 Å². The van der Waals surface area contributed by atoms with E-state index in [2.05, 4.69) is 5.32 Å². The van der Waals surface area contributed by atoms with Crippen molar-refractivity contribution >= 4 is 5.97 Å². The van der Waals surface area contributed by atoms with Gasteiger partial charge in [0.05, 0.1) is 0 Å².